The average Bonchev–Trinajstić information content (AvgIpc) is 2.99. The van der Waals surface area contributed by atoms with Gasteiger partial charge in [-0.05, 0) is 34.9 Å². The van der Waals surface area contributed by atoms with Crippen molar-refractivity contribution in [3.8, 4) is 5.88 Å². The SMILES string of the molecule is COc1cc(C(=O)N2CCCN(Cc3ccsc3)CC2)ccn1. The summed E-state index contributed by atoms with van der Waals surface area (Å²) in [5, 5.41) is 4.30. The quantitative estimate of drug-likeness (QED) is 0.863. The van der Waals surface area contributed by atoms with Gasteiger partial charge in [-0.25, -0.2) is 4.98 Å². The summed E-state index contributed by atoms with van der Waals surface area (Å²) in [4.78, 5) is 21.1. The van der Waals surface area contributed by atoms with Crippen molar-refractivity contribution in [3.63, 3.8) is 0 Å². The van der Waals surface area contributed by atoms with Crippen LogP contribution in [0.15, 0.2) is 35.2 Å². The van der Waals surface area contributed by atoms with Crippen LogP contribution < -0.4 is 4.74 Å². The molecule has 0 aliphatic carbocycles. The molecule has 122 valence electrons. The molecule has 0 N–H and O–H groups in total. The molecule has 1 aliphatic heterocycles. The molecule has 1 aliphatic rings. The summed E-state index contributed by atoms with van der Waals surface area (Å²) in [6, 6.07) is 5.62. The van der Waals surface area contributed by atoms with Crippen LogP contribution in [0.3, 0.4) is 0 Å². The Labute approximate surface area is 140 Å². The molecular weight excluding hydrogens is 310 g/mol. The molecule has 0 atom stereocenters. The van der Waals surface area contributed by atoms with Gasteiger partial charge in [0.25, 0.3) is 5.91 Å². The summed E-state index contributed by atoms with van der Waals surface area (Å²) in [5.41, 5.74) is 2.00. The van der Waals surface area contributed by atoms with Crippen LogP contribution in [-0.2, 0) is 6.54 Å². The Morgan fingerprint density at radius 1 is 1.30 bits per heavy atom. The first-order valence-corrected chi connectivity index (χ1v) is 8.73. The smallest absolute Gasteiger partial charge is 0.254 e. The second-order valence-corrected chi connectivity index (χ2v) is 6.42. The predicted octanol–water partition coefficient (Wildman–Crippen LogP) is 2.50. The van der Waals surface area contributed by atoms with Crippen molar-refractivity contribution in [3.05, 3.63) is 46.3 Å². The first kappa shape index (κ1) is 16.0. The lowest BCUT2D eigenvalue weighted by Gasteiger charge is -2.22. The van der Waals surface area contributed by atoms with Crippen LogP contribution in [0.25, 0.3) is 0 Å². The van der Waals surface area contributed by atoms with Crippen molar-refractivity contribution in [1.29, 1.82) is 0 Å². The molecule has 3 heterocycles. The molecule has 1 amide bonds. The Morgan fingerprint density at radius 2 is 2.22 bits per heavy atom. The number of thiophene rings is 1. The van der Waals surface area contributed by atoms with Crippen LogP contribution >= 0.6 is 11.3 Å². The molecular formula is C17H21N3O2S. The van der Waals surface area contributed by atoms with E-state index >= 15 is 0 Å². The molecule has 0 bridgehead atoms. The van der Waals surface area contributed by atoms with Crippen LogP contribution in [0.4, 0.5) is 0 Å². The van der Waals surface area contributed by atoms with Crippen LogP contribution in [0.1, 0.15) is 22.3 Å². The van der Waals surface area contributed by atoms with E-state index in [1.54, 1.807) is 36.8 Å². The lowest BCUT2D eigenvalue weighted by molar-refractivity contribution is 0.0760. The Bertz CT molecular complexity index is 645. The standard InChI is InChI=1S/C17H21N3O2S/c1-22-16-11-15(3-5-18-16)17(21)20-7-2-6-19(8-9-20)12-14-4-10-23-13-14/h3-5,10-11,13H,2,6-9,12H2,1H3. The van der Waals surface area contributed by atoms with Crippen LogP contribution in [0.5, 0.6) is 5.88 Å². The van der Waals surface area contributed by atoms with Crippen LogP contribution in [0.2, 0.25) is 0 Å². The van der Waals surface area contributed by atoms with Crippen molar-refractivity contribution in [1.82, 2.24) is 14.8 Å². The summed E-state index contributed by atoms with van der Waals surface area (Å²) in [6.45, 7) is 4.45. The number of ether oxygens (including phenoxy) is 1. The van der Waals surface area contributed by atoms with E-state index in [9.17, 15) is 4.79 Å². The van der Waals surface area contributed by atoms with Crippen molar-refractivity contribution in [2.45, 2.75) is 13.0 Å². The zero-order valence-corrected chi connectivity index (χ0v) is 14.1. The topological polar surface area (TPSA) is 45.7 Å². The highest BCUT2D eigenvalue weighted by molar-refractivity contribution is 7.07. The normalized spacial score (nSPS) is 16.1. The van der Waals surface area contributed by atoms with E-state index in [4.69, 9.17) is 4.74 Å². The van der Waals surface area contributed by atoms with Crippen LogP contribution in [0, 0.1) is 0 Å². The van der Waals surface area contributed by atoms with E-state index in [1.807, 2.05) is 4.90 Å². The number of rotatable bonds is 4. The molecule has 6 heteroatoms. The molecule has 0 spiro atoms. The van der Waals surface area contributed by atoms with E-state index < -0.39 is 0 Å². The summed E-state index contributed by atoms with van der Waals surface area (Å²) in [5.74, 6) is 0.535. The van der Waals surface area contributed by atoms with E-state index in [1.165, 1.54) is 5.56 Å². The minimum absolute atomic E-state index is 0.0584. The number of methoxy groups -OCH3 is 1. The van der Waals surface area contributed by atoms with Crippen molar-refractivity contribution < 1.29 is 9.53 Å². The average molecular weight is 331 g/mol. The van der Waals surface area contributed by atoms with Gasteiger partial charge in [-0.3, -0.25) is 9.69 Å². The highest BCUT2D eigenvalue weighted by Gasteiger charge is 2.20. The van der Waals surface area contributed by atoms with E-state index in [0.717, 1.165) is 39.1 Å². The molecule has 0 saturated carbocycles. The summed E-state index contributed by atoms with van der Waals surface area (Å²) >= 11 is 1.73. The summed E-state index contributed by atoms with van der Waals surface area (Å²) in [7, 11) is 1.56. The fourth-order valence-electron chi connectivity index (χ4n) is 2.81. The van der Waals surface area contributed by atoms with Gasteiger partial charge in [0.05, 0.1) is 7.11 Å². The maximum Gasteiger partial charge on any atom is 0.254 e. The van der Waals surface area contributed by atoms with Crippen LogP contribution in [-0.4, -0.2) is 54.0 Å². The Kier molecular flexibility index (Phi) is 5.25. The molecule has 5 nitrogen and oxygen atoms in total. The number of carbonyl (C=O) groups excluding carboxylic acids is 1. The van der Waals surface area contributed by atoms with Crippen molar-refractivity contribution in [2.75, 3.05) is 33.3 Å². The number of hydrogen-bond acceptors (Lipinski definition) is 5. The van der Waals surface area contributed by atoms with E-state index in [2.05, 4.69) is 26.7 Å². The Balaban J connectivity index is 1.61. The molecule has 0 unspecified atom stereocenters. The zero-order chi connectivity index (χ0) is 16.1. The Hall–Kier alpha value is -1.92. The van der Waals surface area contributed by atoms with Gasteiger partial charge >= 0.3 is 0 Å². The first-order valence-electron chi connectivity index (χ1n) is 7.79. The van der Waals surface area contributed by atoms with Gasteiger partial charge in [0.1, 0.15) is 0 Å². The number of carbonyl (C=O) groups is 1. The minimum Gasteiger partial charge on any atom is -0.481 e. The van der Waals surface area contributed by atoms with Gasteiger partial charge in [0.15, 0.2) is 0 Å². The van der Waals surface area contributed by atoms with E-state index in [-0.39, 0.29) is 5.91 Å². The second kappa shape index (κ2) is 7.57. The number of amides is 1. The number of pyridine rings is 1. The first-order chi connectivity index (χ1) is 11.3. The maximum absolute atomic E-state index is 12.7. The highest BCUT2D eigenvalue weighted by Crippen LogP contribution is 2.15. The van der Waals surface area contributed by atoms with Gasteiger partial charge in [-0.1, -0.05) is 0 Å². The van der Waals surface area contributed by atoms with E-state index in [0.29, 0.717) is 11.4 Å². The molecule has 0 radical (unpaired) electrons. The Morgan fingerprint density at radius 3 is 3.00 bits per heavy atom. The third kappa shape index (κ3) is 4.09. The summed E-state index contributed by atoms with van der Waals surface area (Å²) < 4.78 is 5.10. The number of nitrogens with zero attached hydrogens (tertiary/aromatic N) is 3. The second-order valence-electron chi connectivity index (χ2n) is 5.64. The molecule has 1 saturated heterocycles. The van der Waals surface area contributed by atoms with Gasteiger partial charge in [-0.2, -0.15) is 11.3 Å². The minimum atomic E-state index is 0.0584. The largest absolute Gasteiger partial charge is 0.481 e. The molecule has 1 fully saturated rings. The molecule has 3 rings (SSSR count). The predicted molar refractivity (Wildman–Crippen MR) is 90.9 cm³/mol. The zero-order valence-electron chi connectivity index (χ0n) is 13.3. The molecule has 2 aromatic rings. The third-order valence-corrected chi connectivity index (χ3v) is 4.78. The maximum atomic E-state index is 12.7. The molecule has 0 aromatic carbocycles. The number of hydrogen-bond donors (Lipinski definition) is 0. The fourth-order valence-corrected chi connectivity index (χ4v) is 3.47. The lowest BCUT2D eigenvalue weighted by Crippen LogP contribution is -2.35. The van der Waals surface area contributed by atoms with Gasteiger partial charge < -0.3 is 9.64 Å². The van der Waals surface area contributed by atoms with Crippen molar-refractivity contribution in [2.24, 2.45) is 0 Å². The molecule has 2 aromatic heterocycles. The number of aromatic nitrogens is 1. The lowest BCUT2D eigenvalue weighted by atomic mass is 10.2. The highest BCUT2D eigenvalue weighted by atomic mass is 32.1. The van der Waals surface area contributed by atoms with Gasteiger partial charge in [-0.15, -0.1) is 0 Å². The molecule has 23 heavy (non-hydrogen) atoms. The van der Waals surface area contributed by atoms with Crippen molar-refractivity contribution >= 4 is 17.2 Å². The monoisotopic (exact) mass is 331 g/mol. The van der Waals surface area contributed by atoms with Gasteiger partial charge in [0.2, 0.25) is 5.88 Å². The van der Waals surface area contributed by atoms with Gasteiger partial charge in [0, 0.05) is 50.6 Å². The summed E-state index contributed by atoms with van der Waals surface area (Å²) in [6.07, 6.45) is 2.62. The fraction of sp³-hybridized carbons (Fsp3) is 0.412. The third-order valence-electron chi connectivity index (χ3n) is 4.05.